The topological polar surface area (TPSA) is 84.5 Å². The third-order valence-corrected chi connectivity index (χ3v) is 5.09. The lowest BCUT2D eigenvalue weighted by Crippen LogP contribution is -2.42. The van der Waals surface area contributed by atoms with Crippen LogP contribution in [0.25, 0.3) is 0 Å². The monoisotopic (exact) mass is 348 g/mol. The van der Waals surface area contributed by atoms with Crippen LogP contribution in [0, 0.1) is 6.92 Å². The molecule has 1 saturated heterocycles. The quantitative estimate of drug-likeness (QED) is 0.799. The number of benzene rings is 1. The minimum absolute atomic E-state index is 0. The maximum absolute atomic E-state index is 12.4. The fourth-order valence-corrected chi connectivity index (χ4v) is 3.76. The van der Waals surface area contributed by atoms with Crippen LogP contribution in [0.15, 0.2) is 23.1 Å². The Hall–Kier alpha value is -1.15. The normalized spacial score (nSPS) is 15.9. The van der Waals surface area contributed by atoms with Gasteiger partial charge in [0, 0.05) is 6.04 Å². The molecule has 0 atom stereocenters. The highest BCUT2D eigenvalue weighted by Gasteiger charge is 2.22. The maximum Gasteiger partial charge on any atom is 0.338 e. The Morgan fingerprint density at radius 2 is 1.95 bits per heavy atom. The fraction of sp³-hybridized carbons (Fsp3) is 0.500. The van der Waals surface area contributed by atoms with Crippen LogP contribution in [0.5, 0.6) is 0 Å². The van der Waals surface area contributed by atoms with Crippen LogP contribution in [-0.4, -0.2) is 40.6 Å². The van der Waals surface area contributed by atoms with Crippen LogP contribution < -0.4 is 10.0 Å². The highest BCUT2D eigenvalue weighted by Crippen LogP contribution is 2.17. The molecule has 0 amide bonds. The summed E-state index contributed by atoms with van der Waals surface area (Å²) in [7, 11) is -2.26. The first-order valence-corrected chi connectivity index (χ1v) is 8.34. The third-order valence-electron chi connectivity index (χ3n) is 3.57. The molecule has 0 unspecified atom stereocenters. The molecule has 1 heterocycles. The average molecular weight is 349 g/mol. The molecule has 2 N–H and O–H groups in total. The lowest BCUT2D eigenvalue weighted by molar-refractivity contribution is 0.0600. The zero-order valence-corrected chi connectivity index (χ0v) is 14.2. The molecular weight excluding hydrogens is 328 g/mol. The van der Waals surface area contributed by atoms with Crippen LogP contribution in [0.1, 0.15) is 28.8 Å². The van der Waals surface area contributed by atoms with E-state index in [9.17, 15) is 13.2 Å². The summed E-state index contributed by atoms with van der Waals surface area (Å²) < 4.78 is 32.1. The molecule has 0 bridgehead atoms. The number of carbonyl (C=O) groups excluding carboxylic acids is 1. The van der Waals surface area contributed by atoms with Gasteiger partial charge in [0.1, 0.15) is 0 Å². The average Bonchev–Trinajstić information content (AvgIpc) is 2.47. The van der Waals surface area contributed by atoms with Gasteiger partial charge in [0.05, 0.1) is 17.6 Å². The van der Waals surface area contributed by atoms with E-state index in [4.69, 9.17) is 0 Å². The van der Waals surface area contributed by atoms with Crippen molar-refractivity contribution in [3.05, 3.63) is 29.3 Å². The number of ether oxygens (including phenoxy) is 1. The molecule has 6 nitrogen and oxygen atoms in total. The van der Waals surface area contributed by atoms with Crippen molar-refractivity contribution in [3.63, 3.8) is 0 Å². The zero-order chi connectivity index (χ0) is 15.5. The van der Waals surface area contributed by atoms with Crippen molar-refractivity contribution < 1.29 is 17.9 Å². The summed E-state index contributed by atoms with van der Waals surface area (Å²) in [4.78, 5) is 11.7. The molecular formula is C14H21ClN2O4S. The van der Waals surface area contributed by atoms with E-state index in [1.807, 2.05) is 0 Å². The van der Waals surface area contributed by atoms with Gasteiger partial charge in [-0.25, -0.2) is 17.9 Å². The Morgan fingerprint density at radius 3 is 2.50 bits per heavy atom. The molecule has 2 rings (SSSR count). The molecule has 0 radical (unpaired) electrons. The summed E-state index contributed by atoms with van der Waals surface area (Å²) in [6.45, 7) is 3.32. The second kappa shape index (κ2) is 7.92. The highest BCUT2D eigenvalue weighted by molar-refractivity contribution is 7.89. The summed E-state index contributed by atoms with van der Waals surface area (Å²) in [6.07, 6.45) is 1.55. The molecule has 0 spiro atoms. The van der Waals surface area contributed by atoms with Gasteiger partial charge in [0.15, 0.2) is 0 Å². The number of methoxy groups -OCH3 is 1. The lowest BCUT2D eigenvalue weighted by atomic mass is 10.1. The standard InChI is InChI=1S/C14H20N2O4S.ClH/c1-10-9-12(3-4-13(10)14(17)20-2)21(18,19)16-11-5-7-15-8-6-11;/h3-4,9,11,15-16H,5-8H2,1-2H3;1H. The van der Waals surface area contributed by atoms with Gasteiger partial charge >= 0.3 is 5.97 Å². The number of rotatable bonds is 4. The van der Waals surface area contributed by atoms with Crippen molar-refractivity contribution in [3.8, 4) is 0 Å². The van der Waals surface area contributed by atoms with E-state index >= 15 is 0 Å². The first-order chi connectivity index (χ1) is 9.94. The number of hydrogen-bond donors (Lipinski definition) is 2. The Bertz CT molecular complexity index is 628. The molecule has 22 heavy (non-hydrogen) atoms. The molecule has 124 valence electrons. The molecule has 1 aromatic carbocycles. The van der Waals surface area contributed by atoms with Crippen molar-refractivity contribution in [1.29, 1.82) is 0 Å². The minimum Gasteiger partial charge on any atom is -0.465 e. The van der Waals surface area contributed by atoms with E-state index in [0.717, 1.165) is 25.9 Å². The molecule has 1 aliphatic rings. The van der Waals surface area contributed by atoms with Crippen LogP contribution in [0.4, 0.5) is 0 Å². The Balaban J connectivity index is 0.00000242. The molecule has 1 aliphatic heterocycles. The van der Waals surface area contributed by atoms with Crippen LogP contribution in [0.3, 0.4) is 0 Å². The van der Waals surface area contributed by atoms with Gasteiger partial charge in [-0.3, -0.25) is 0 Å². The Labute approximate surface area is 137 Å². The fourth-order valence-electron chi connectivity index (χ4n) is 2.37. The van der Waals surface area contributed by atoms with Gasteiger partial charge in [-0.05, 0) is 56.6 Å². The van der Waals surface area contributed by atoms with Crippen molar-refractivity contribution in [1.82, 2.24) is 10.0 Å². The van der Waals surface area contributed by atoms with E-state index in [2.05, 4.69) is 14.8 Å². The maximum atomic E-state index is 12.4. The predicted molar refractivity (Wildman–Crippen MR) is 86.0 cm³/mol. The number of carbonyl (C=O) groups is 1. The summed E-state index contributed by atoms with van der Waals surface area (Å²) in [5.41, 5.74) is 0.952. The van der Waals surface area contributed by atoms with E-state index < -0.39 is 16.0 Å². The molecule has 0 aliphatic carbocycles. The van der Waals surface area contributed by atoms with Crippen molar-refractivity contribution in [2.75, 3.05) is 20.2 Å². The second-order valence-electron chi connectivity index (χ2n) is 5.11. The van der Waals surface area contributed by atoms with Crippen molar-refractivity contribution >= 4 is 28.4 Å². The third kappa shape index (κ3) is 4.42. The summed E-state index contributed by atoms with van der Waals surface area (Å²) >= 11 is 0. The van der Waals surface area contributed by atoms with E-state index in [1.54, 1.807) is 6.92 Å². The number of sulfonamides is 1. The summed E-state index contributed by atoms with van der Waals surface area (Å²) in [5.74, 6) is -0.470. The minimum atomic E-state index is -3.56. The number of piperidine rings is 1. The summed E-state index contributed by atoms with van der Waals surface area (Å²) in [5, 5.41) is 3.19. The predicted octanol–water partition coefficient (Wildman–Crippen LogP) is 1.23. The van der Waals surface area contributed by atoms with E-state index in [-0.39, 0.29) is 23.3 Å². The molecule has 0 aromatic heterocycles. The Morgan fingerprint density at radius 1 is 1.32 bits per heavy atom. The number of esters is 1. The number of halogens is 1. The lowest BCUT2D eigenvalue weighted by Gasteiger charge is -2.23. The summed E-state index contributed by atoms with van der Waals surface area (Å²) in [6, 6.07) is 4.37. The molecule has 0 saturated carbocycles. The van der Waals surface area contributed by atoms with Gasteiger partial charge < -0.3 is 10.1 Å². The van der Waals surface area contributed by atoms with Crippen LogP contribution in [-0.2, 0) is 14.8 Å². The molecule has 1 aromatic rings. The van der Waals surface area contributed by atoms with E-state index in [0.29, 0.717) is 11.1 Å². The number of nitrogens with one attached hydrogen (secondary N) is 2. The van der Waals surface area contributed by atoms with Gasteiger partial charge in [-0.2, -0.15) is 0 Å². The zero-order valence-electron chi connectivity index (χ0n) is 12.6. The van der Waals surface area contributed by atoms with Gasteiger partial charge in [0.25, 0.3) is 0 Å². The number of hydrogen-bond acceptors (Lipinski definition) is 5. The van der Waals surface area contributed by atoms with Crippen LogP contribution in [0.2, 0.25) is 0 Å². The molecule has 8 heteroatoms. The Kier molecular flexibility index (Phi) is 6.80. The van der Waals surface area contributed by atoms with Gasteiger partial charge in [-0.15, -0.1) is 12.4 Å². The smallest absolute Gasteiger partial charge is 0.338 e. The van der Waals surface area contributed by atoms with E-state index in [1.165, 1.54) is 25.3 Å². The van der Waals surface area contributed by atoms with Crippen molar-refractivity contribution in [2.45, 2.75) is 30.7 Å². The first-order valence-electron chi connectivity index (χ1n) is 6.86. The SMILES string of the molecule is COC(=O)c1ccc(S(=O)(=O)NC2CCNCC2)cc1C.Cl. The molecule has 1 fully saturated rings. The largest absolute Gasteiger partial charge is 0.465 e. The first kappa shape index (κ1) is 18.9. The highest BCUT2D eigenvalue weighted by atomic mass is 35.5. The van der Waals surface area contributed by atoms with Gasteiger partial charge in [0.2, 0.25) is 10.0 Å². The number of aryl methyl sites for hydroxylation is 1. The van der Waals surface area contributed by atoms with Crippen molar-refractivity contribution in [2.24, 2.45) is 0 Å². The van der Waals surface area contributed by atoms with Gasteiger partial charge in [-0.1, -0.05) is 0 Å². The second-order valence-corrected chi connectivity index (χ2v) is 6.83. The van der Waals surface area contributed by atoms with Crippen LogP contribution >= 0.6 is 12.4 Å².